The molecule has 7 heteroatoms. The summed E-state index contributed by atoms with van der Waals surface area (Å²) in [5.74, 6) is 0.351. The van der Waals surface area contributed by atoms with Gasteiger partial charge in [-0.15, -0.1) is 0 Å². The number of aliphatic imine (C=N–C) groups is 1. The first-order valence-corrected chi connectivity index (χ1v) is 9.73. The quantitative estimate of drug-likeness (QED) is 0.382. The molecule has 31 heavy (non-hydrogen) atoms. The van der Waals surface area contributed by atoms with Crippen molar-refractivity contribution in [3.63, 3.8) is 0 Å². The number of methoxy groups -OCH3 is 1. The monoisotopic (exact) mass is 437 g/mol. The van der Waals surface area contributed by atoms with Crippen molar-refractivity contribution in [1.82, 2.24) is 0 Å². The zero-order valence-corrected chi connectivity index (χ0v) is 17.2. The van der Waals surface area contributed by atoms with E-state index in [1.165, 1.54) is 19.2 Å². The summed E-state index contributed by atoms with van der Waals surface area (Å²) < 4.78 is 29.4. The van der Waals surface area contributed by atoms with E-state index >= 15 is 0 Å². The van der Waals surface area contributed by atoms with Crippen molar-refractivity contribution in [1.29, 1.82) is 0 Å². The topological polar surface area (TPSA) is 57.1 Å². The molecule has 1 aliphatic heterocycles. The van der Waals surface area contributed by atoms with Gasteiger partial charge in [-0.1, -0.05) is 35.9 Å². The molecule has 3 aromatic rings. The lowest BCUT2D eigenvalue weighted by Gasteiger charge is -2.07. The molecule has 3 aromatic carbocycles. The molecule has 1 aliphatic rings. The summed E-state index contributed by atoms with van der Waals surface area (Å²) in [5, 5.41) is 0.470. The van der Waals surface area contributed by atoms with Crippen molar-refractivity contribution >= 4 is 29.5 Å². The Kier molecular flexibility index (Phi) is 6.00. The van der Waals surface area contributed by atoms with Crippen molar-refractivity contribution in [2.45, 2.75) is 6.61 Å². The Balaban J connectivity index is 1.54. The second-order valence-electron chi connectivity index (χ2n) is 6.67. The predicted octanol–water partition coefficient (Wildman–Crippen LogP) is 5.41. The molecule has 0 radical (unpaired) electrons. The summed E-state index contributed by atoms with van der Waals surface area (Å²) in [6.45, 7) is 0.291. The third-order valence-corrected chi connectivity index (χ3v) is 4.73. The maximum absolute atomic E-state index is 13.0. The Hall–Kier alpha value is -3.64. The van der Waals surface area contributed by atoms with Gasteiger partial charge in [0.2, 0.25) is 5.90 Å². The lowest BCUT2D eigenvalue weighted by Crippen LogP contribution is -2.07. The average molecular weight is 438 g/mol. The van der Waals surface area contributed by atoms with E-state index in [4.69, 9.17) is 25.8 Å². The number of carbonyl (C=O) groups excluding carboxylic acids is 1. The molecular formula is C24H17ClFNO4. The number of halogens is 2. The number of hydrogen-bond acceptors (Lipinski definition) is 5. The molecule has 0 fully saturated rings. The number of esters is 1. The summed E-state index contributed by atoms with van der Waals surface area (Å²) in [7, 11) is 1.51. The Morgan fingerprint density at radius 1 is 1.10 bits per heavy atom. The van der Waals surface area contributed by atoms with Crippen molar-refractivity contribution in [2.24, 2.45) is 4.99 Å². The van der Waals surface area contributed by atoms with Crippen LogP contribution in [0.1, 0.15) is 16.7 Å². The molecule has 0 amide bonds. The van der Waals surface area contributed by atoms with Gasteiger partial charge in [0.05, 0.1) is 12.7 Å². The normalized spacial score (nSPS) is 14.4. The van der Waals surface area contributed by atoms with E-state index in [2.05, 4.69) is 4.99 Å². The Labute approximate surface area is 183 Å². The molecule has 0 atom stereocenters. The number of ether oxygens (including phenoxy) is 3. The number of cyclic esters (lactones) is 1. The summed E-state index contributed by atoms with van der Waals surface area (Å²) >= 11 is 6.06. The van der Waals surface area contributed by atoms with Crippen molar-refractivity contribution < 1.29 is 23.4 Å². The van der Waals surface area contributed by atoms with Gasteiger partial charge in [0.25, 0.3) is 0 Å². The first-order valence-electron chi connectivity index (χ1n) is 9.35. The van der Waals surface area contributed by atoms with E-state index < -0.39 is 5.97 Å². The maximum atomic E-state index is 13.0. The zero-order chi connectivity index (χ0) is 21.8. The molecule has 156 valence electrons. The van der Waals surface area contributed by atoms with Gasteiger partial charge in [0.1, 0.15) is 23.9 Å². The van der Waals surface area contributed by atoms with Crippen molar-refractivity contribution in [2.75, 3.05) is 7.11 Å². The fraction of sp³-hybridized carbons (Fsp3) is 0.0833. The maximum Gasteiger partial charge on any atom is 0.363 e. The molecule has 1 heterocycles. The second kappa shape index (κ2) is 9.02. The minimum Gasteiger partial charge on any atom is -0.496 e. The Morgan fingerprint density at radius 3 is 2.68 bits per heavy atom. The van der Waals surface area contributed by atoms with Crippen LogP contribution in [0, 0.1) is 5.82 Å². The van der Waals surface area contributed by atoms with Gasteiger partial charge in [-0.05, 0) is 59.7 Å². The average Bonchev–Trinajstić information content (AvgIpc) is 3.13. The van der Waals surface area contributed by atoms with E-state index in [1.54, 1.807) is 54.6 Å². The van der Waals surface area contributed by atoms with Crippen LogP contribution in [-0.4, -0.2) is 19.0 Å². The van der Waals surface area contributed by atoms with E-state index in [1.807, 2.05) is 6.07 Å². The highest BCUT2D eigenvalue weighted by Crippen LogP contribution is 2.28. The Bertz CT molecular complexity index is 1190. The molecule has 0 spiro atoms. The summed E-state index contributed by atoms with van der Waals surface area (Å²) in [6.07, 6.45) is 1.61. The zero-order valence-electron chi connectivity index (χ0n) is 16.5. The number of nitrogens with zero attached hydrogens (tertiary/aromatic N) is 1. The lowest BCUT2D eigenvalue weighted by molar-refractivity contribution is -0.129. The number of carbonyl (C=O) groups is 1. The molecule has 0 saturated heterocycles. The highest BCUT2D eigenvalue weighted by Gasteiger charge is 2.26. The van der Waals surface area contributed by atoms with Gasteiger partial charge < -0.3 is 14.2 Å². The molecule has 0 aromatic heterocycles. The van der Waals surface area contributed by atoms with E-state index in [0.29, 0.717) is 34.3 Å². The van der Waals surface area contributed by atoms with Crippen LogP contribution in [0.25, 0.3) is 6.08 Å². The fourth-order valence-electron chi connectivity index (χ4n) is 2.97. The van der Waals surface area contributed by atoms with Gasteiger partial charge in [-0.3, -0.25) is 0 Å². The fourth-order valence-corrected chi connectivity index (χ4v) is 3.14. The van der Waals surface area contributed by atoms with Gasteiger partial charge in [0, 0.05) is 5.02 Å². The molecule has 0 N–H and O–H groups in total. The molecule has 0 bridgehead atoms. The smallest absolute Gasteiger partial charge is 0.363 e. The van der Waals surface area contributed by atoms with Crippen molar-refractivity contribution in [3.05, 3.63) is 100.0 Å². The summed E-state index contributed by atoms with van der Waals surface area (Å²) in [5.41, 5.74) is 2.19. The van der Waals surface area contributed by atoms with Gasteiger partial charge >= 0.3 is 5.97 Å². The third-order valence-electron chi connectivity index (χ3n) is 4.49. The van der Waals surface area contributed by atoms with Crippen LogP contribution in [0.3, 0.4) is 0 Å². The van der Waals surface area contributed by atoms with Crippen LogP contribution in [0.2, 0.25) is 5.02 Å². The van der Waals surface area contributed by atoms with Crippen LogP contribution in [0.4, 0.5) is 4.39 Å². The van der Waals surface area contributed by atoms with Crippen LogP contribution in [0.15, 0.2) is 77.4 Å². The van der Waals surface area contributed by atoms with Crippen LogP contribution in [0.5, 0.6) is 11.5 Å². The molecule has 4 rings (SSSR count). The van der Waals surface area contributed by atoms with Crippen LogP contribution < -0.4 is 9.47 Å². The SMILES string of the molecule is COc1ccc(Cl)cc1C1=N/C(=C/c2cccc(OCc3ccc(F)cc3)c2)C(=O)O1. The highest BCUT2D eigenvalue weighted by atomic mass is 35.5. The van der Waals surface area contributed by atoms with Gasteiger partial charge in [-0.2, -0.15) is 0 Å². The predicted molar refractivity (Wildman–Crippen MR) is 116 cm³/mol. The molecule has 0 unspecified atom stereocenters. The highest BCUT2D eigenvalue weighted by molar-refractivity contribution is 6.31. The number of benzene rings is 3. The van der Waals surface area contributed by atoms with Gasteiger partial charge in [-0.25, -0.2) is 14.2 Å². The first-order chi connectivity index (χ1) is 15.0. The van der Waals surface area contributed by atoms with Crippen molar-refractivity contribution in [3.8, 4) is 11.5 Å². The lowest BCUT2D eigenvalue weighted by atomic mass is 10.2. The van der Waals surface area contributed by atoms with E-state index in [-0.39, 0.29) is 17.4 Å². The van der Waals surface area contributed by atoms with Crippen LogP contribution in [-0.2, 0) is 16.1 Å². The standard InChI is InChI=1S/C24H17ClFNO4/c1-29-22-10-7-17(25)13-20(22)23-27-21(24(28)31-23)12-16-3-2-4-19(11-16)30-14-15-5-8-18(26)9-6-15/h2-13H,14H2,1H3/b21-12+. The third kappa shape index (κ3) is 4.92. The molecule has 0 saturated carbocycles. The summed E-state index contributed by atoms with van der Waals surface area (Å²) in [6, 6.07) is 18.3. The second-order valence-corrected chi connectivity index (χ2v) is 7.10. The van der Waals surface area contributed by atoms with Crippen LogP contribution >= 0.6 is 11.6 Å². The number of rotatable bonds is 6. The molecule has 0 aliphatic carbocycles. The first kappa shape index (κ1) is 20.6. The van der Waals surface area contributed by atoms with E-state index in [9.17, 15) is 9.18 Å². The minimum absolute atomic E-state index is 0.124. The summed E-state index contributed by atoms with van der Waals surface area (Å²) in [4.78, 5) is 16.6. The van der Waals surface area contributed by atoms with E-state index in [0.717, 1.165) is 5.56 Å². The van der Waals surface area contributed by atoms with Gasteiger partial charge in [0.15, 0.2) is 5.70 Å². The largest absolute Gasteiger partial charge is 0.496 e. The molecule has 5 nitrogen and oxygen atoms in total. The Morgan fingerprint density at radius 2 is 1.90 bits per heavy atom. The minimum atomic E-state index is -0.574. The number of hydrogen-bond donors (Lipinski definition) is 0. The molecular weight excluding hydrogens is 421 g/mol.